The standard InChI is InChI=1S/C26H25ClN4O4/c1-17(2)30(25(33)23-5-4-14-35-23)16-24(32)29-26-28-22(18-6-8-19(27)9-7-18)15-31(26)20-10-12-21(34-3)13-11-20/h4-15,17H,16H2,1-3H3,(H,28,29,32). The van der Waals surface area contributed by atoms with Gasteiger partial charge in [0.1, 0.15) is 12.3 Å². The van der Waals surface area contributed by atoms with Crippen molar-refractivity contribution in [3.8, 4) is 22.7 Å². The van der Waals surface area contributed by atoms with E-state index in [1.54, 1.807) is 35.9 Å². The molecule has 9 heteroatoms. The highest BCUT2D eigenvalue weighted by Gasteiger charge is 2.24. The van der Waals surface area contributed by atoms with E-state index in [2.05, 4.69) is 10.3 Å². The average molecular weight is 493 g/mol. The molecule has 0 spiro atoms. The molecule has 0 fully saturated rings. The Kier molecular flexibility index (Phi) is 7.22. The summed E-state index contributed by atoms with van der Waals surface area (Å²) in [5, 5.41) is 3.47. The number of carbonyl (C=O) groups is 2. The number of hydrogen-bond donors (Lipinski definition) is 1. The lowest BCUT2D eigenvalue weighted by Gasteiger charge is -2.25. The van der Waals surface area contributed by atoms with E-state index < -0.39 is 0 Å². The largest absolute Gasteiger partial charge is 0.497 e. The van der Waals surface area contributed by atoms with Crippen LogP contribution in [0.1, 0.15) is 24.4 Å². The molecule has 2 aromatic heterocycles. The number of amides is 2. The van der Waals surface area contributed by atoms with Crippen LogP contribution in [-0.4, -0.2) is 46.0 Å². The normalized spacial score (nSPS) is 10.9. The van der Waals surface area contributed by atoms with Crippen LogP contribution in [0.5, 0.6) is 5.75 Å². The second kappa shape index (κ2) is 10.5. The number of rotatable bonds is 8. The number of carbonyl (C=O) groups excluding carboxylic acids is 2. The first kappa shape index (κ1) is 24.1. The summed E-state index contributed by atoms with van der Waals surface area (Å²) in [6, 6.07) is 17.6. The van der Waals surface area contributed by atoms with Crippen molar-refractivity contribution >= 4 is 29.4 Å². The van der Waals surface area contributed by atoms with Crippen LogP contribution in [-0.2, 0) is 4.79 Å². The molecule has 0 aliphatic carbocycles. The quantitative estimate of drug-likeness (QED) is 0.361. The van der Waals surface area contributed by atoms with Gasteiger partial charge >= 0.3 is 0 Å². The Bertz CT molecular complexity index is 1300. The van der Waals surface area contributed by atoms with Gasteiger partial charge in [-0.15, -0.1) is 0 Å². The SMILES string of the molecule is COc1ccc(-n2cc(-c3ccc(Cl)cc3)nc2NC(=O)CN(C(=O)c2ccco2)C(C)C)cc1. The Morgan fingerprint density at radius 2 is 1.83 bits per heavy atom. The highest BCUT2D eigenvalue weighted by molar-refractivity contribution is 6.30. The maximum absolute atomic E-state index is 13.0. The lowest BCUT2D eigenvalue weighted by molar-refractivity contribution is -0.117. The molecule has 0 unspecified atom stereocenters. The highest BCUT2D eigenvalue weighted by atomic mass is 35.5. The fourth-order valence-corrected chi connectivity index (χ4v) is 3.64. The maximum Gasteiger partial charge on any atom is 0.290 e. The molecule has 1 N–H and O–H groups in total. The number of halogens is 1. The van der Waals surface area contributed by atoms with Crippen LogP contribution in [0.25, 0.3) is 16.9 Å². The first-order chi connectivity index (χ1) is 16.9. The smallest absolute Gasteiger partial charge is 0.290 e. The number of ether oxygens (including phenoxy) is 1. The van der Waals surface area contributed by atoms with E-state index in [-0.39, 0.29) is 30.2 Å². The third kappa shape index (κ3) is 5.55. The Morgan fingerprint density at radius 3 is 2.43 bits per heavy atom. The van der Waals surface area contributed by atoms with Crippen molar-refractivity contribution in [1.29, 1.82) is 0 Å². The number of aromatic nitrogens is 2. The third-order valence-corrected chi connectivity index (χ3v) is 5.63. The van der Waals surface area contributed by atoms with Gasteiger partial charge in [-0.3, -0.25) is 19.5 Å². The fraction of sp³-hybridized carbons (Fsp3) is 0.192. The lowest BCUT2D eigenvalue weighted by Crippen LogP contribution is -2.42. The van der Waals surface area contributed by atoms with Crippen LogP contribution in [0.2, 0.25) is 5.02 Å². The van der Waals surface area contributed by atoms with E-state index >= 15 is 0 Å². The van der Waals surface area contributed by atoms with E-state index in [0.29, 0.717) is 22.4 Å². The molecule has 0 aliphatic heterocycles. The molecule has 8 nitrogen and oxygen atoms in total. The molecular formula is C26H25ClN4O4. The molecule has 4 rings (SSSR count). The molecule has 180 valence electrons. The van der Waals surface area contributed by atoms with Crippen molar-refractivity contribution in [2.45, 2.75) is 19.9 Å². The Morgan fingerprint density at radius 1 is 1.11 bits per heavy atom. The number of hydrogen-bond acceptors (Lipinski definition) is 5. The zero-order valence-corrected chi connectivity index (χ0v) is 20.3. The van der Waals surface area contributed by atoms with Gasteiger partial charge in [0.25, 0.3) is 5.91 Å². The molecule has 2 heterocycles. The molecule has 0 aliphatic rings. The number of benzene rings is 2. The third-order valence-electron chi connectivity index (χ3n) is 5.38. The summed E-state index contributed by atoms with van der Waals surface area (Å²) in [6.45, 7) is 3.51. The molecule has 2 aromatic carbocycles. The number of nitrogens with zero attached hydrogens (tertiary/aromatic N) is 3. The second-order valence-electron chi connectivity index (χ2n) is 8.08. The average Bonchev–Trinajstić information content (AvgIpc) is 3.53. The summed E-state index contributed by atoms with van der Waals surface area (Å²) in [7, 11) is 1.60. The van der Waals surface area contributed by atoms with E-state index in [4.69, 9.17) is 20.8 Å². The van der Waals surface area contributed by atoms with E-state index in [0.717, 1.165) is 11.3 Å². The predicted molar refractivity (Wildman–Crippen MR) is 134 cm³/mol. The van der Waals surface area contributed by atoms with Crippen LogP contribution in [0.4, 0.5) is 5.95 Å². The second-order valence-corrected chi connectivity index (χ2v) is 8.51. The fourth-order valence-electron chi connectivity index (χ4n) is 3.52. The van der Waals surface area contributed by atoms with Crippen molar-refractivity contribution < 1.29 is 18.7 Å². The van der Waals surface area contributed by atoms with Crippen molar-refractivity contribution in [2.75, 3.05) is 19.0 Å². The summed E-state index contributed by atoms with van der Waals surface area (Å²) in [4.78, 5) is 31.9. The first-order valence-corrected chi connectivity index (χ1v) is 11.4. The summed E-state index contributed by atoms with van der Waals surface area (Å²) in [6.07, 6.45) is 3.25. The summed E-state index contributed by atoms with van der Waals surface area (Å²) in [5.74, 6) is 0.457. The summed E-state index contributed by atoms with van der Waals surface area (Å²) >= 11 is 6.03. The predicted octanol–water partition coefficient (Wildman–Crippen LogP) is 5.28. The zero-order chi connectivity index (χ0) is 24.9. The van der Waals surface area contributed by atoms with Crippen LogP contribution >= 0.6 is 11.6 Å². The van der Waals surface area contributed by atoms with Crippen molar-refractivity contribution in [2.24, 2.45) is 0 Å². The Hall–Kier alpha value is -4.04. The molecule has 4 aromatic rings. The monoisotopic (exact) mass is 492 g/mol. The minimum Gasteiger partial charge on any atom is -0.497 e. The topological polar surface area (TPSA) is 89.6 Å². The molecule has 2 amide bonds. The van der Waals surface area contributed by atoms with Crippen molar-refractivity contribution in [1.82, 2.24) is 14.5 Å². The van der Waals surface area contributed by atoms with Crippen LogP contribution in [0.15, 0.2) is 77.5 Å². The van der Waals surface area contributed by atoms with Gasteiger partial charge in [-0.05, 0) is 62.4 Å². The molecule has 0 radical (unpaired) electrons. The summed E-state index contributed by atoms with van der Waals surface area (Å²) < 4.78 is 12.2. The Balaban J connectivity index is 1.63. The van der Waals surface area contributed by atoms with Crippen LogP contribution < -0.4 is 10.1 Å². The number of anilines is 1. The maximum atomic E-state index is 13.0. The van der Waals surface area contributed by atoms with Crippen molar-refractivity contribution in [3.05, 3.63) is 83.9 Å². The van der Waals surface area contributed by atoms with Gasteiger partial charge in [0, 0.05) is 28.5 Å². The summed E-state index contributed by atoms with van der Waals surface area (Å²) in [5.41, 5.74) is 2.27. The lowest BCUT2D eigenvalue weighted by atomic mass is 10.2. The molecule has 0 saturated carbocycles. The van der Waals surface area contributed by atoms with Gasteiger partial charge < -0.3 is 14.1 Å². The van der Waals surface area contributed by atoms with Gasteiger partial charge in [0.05, 0.1) is 19.1 Å². The van der Waals surface area contributed by atoms with Crippen LogP contribution in [0, 0.1) is 0 Å². The minimum atomic E-state index is -0.387. The van der Waals surface area contributed by atoms with Gasteiger partial charge in [-0.2, -0.15) is 0 Å². The highest BCUT2D eigenvalue weighted by Crippen LogP contribution is 2.26. The molecular weight excluding hydrogens is 468 g/mol. The number of imidazole rings is 1. The Labute approximate surface area is 208 Å². The molecule has 0 saturated heterocycles. The first-order valence-electron chi connectivity index (χ1n) is 11.0. The zero-order valence-electron chi connectivity index (χ0n) is 19.6. The number of nitrogens with one attached hydrogen (secondary N) is 1. The molecule has 0 atom stereocenters. The number of furan rings is 1. The van der Waals surface area contributed by atoms with Gasteiger partial charge in [-0.25, -0.2) is 4.98 Å². The molecule has 0 bridgehead atoms. The van der Waals surface area contributed by atoms with Gasteiger partial charge in [-0.1, -0.05) is 23.7 Å². The van der Waals surface area contributed by atoms with Gasteiger partial charge in [0.15, 0.2) is 5.76 Å². The van der Waals surface area contributed by atoms with E-state index in [1.165, 1.54) is 11.2 Å². The van der Waals surface area contributed by atoms with Crippen molar-refractivity contribution in [3.63, 3.8) is 0 Å². The number of methoxy groups -OCH3 is 1. The molecule has 35 heavy (non-hydrogen) atoms. The van der Waals surface area contributed by atoms with E-state index in [1.807, 2.05) is 56.4 Å². The van der Waals surface area contributed by atoms with Gasteiger partial charge in [0.2, 0.25) is 11.9 Å². The van der Waals surface area contributed by atoms with E-state index in [9.17, 15) is 9.59 Å². The minimum absolute atomic E-state index is 0.164. The van der Waals surface area contributed by atoms with Crippen LogP contribution in [0.3, 0.4) is 0 Å².